The Labute approximate surface area is 123 Å². The first-order chi connectivity index (χ1) is 9.93. The molecule has 0 aliphatic carbocycles. The van der Waals surface area contributed by atoms with Crippen molar-refractivity contribution in [3.63, 3.8) is 0 Å². The number of aromatic carboxylic acids is 1. The fourth-order valence-electron chi connectivity index (χ4n) is 1.63. The van der Waals surface area contributed by atoms with Crippen molar-refractivity contribution in [2.45, 2.75) is 11.5 Å². The maximum Gasteiger partial charge on any atom is 0.371 e. The van der Waals surface area contributed by atoms with Gasteiger partial charge in [-0.2, -0.15) is 4.31 Å². The van der Waals surface area contributed by atoms with E-state index in [-0.39, 0.29) is 19.7 Å². The van der Waals surface area contributed by atoms with Crippen molar-refractivity contribution < 1.29 is 32.2 Å². The fraction of sp³-hybridized carbons (Fsp3) is 0.583. The van der Waals surface area contributed by atoms with E-state index in [0.29, 0.717) is 13.0 Å². The highest BCUT2D eigenvalue weighted by Crippen LogP contribution is 2.19. The second-order valence-electron chi connectivity index (χ2n) is 4.17. The van der Waals surface area contributed by atoms with Crippen LogP contribution in [-0.2, 0) is 19.5 Å². The van der Waals surface area contributed by atoms with E-state index in [0.717, 1.165) is 12.1 Å². The lowest BCUT2D eigenvalue weighted by atomic mass is 10.4. The van der Waals surface area contributed by atoms with Crippen molar-refractivity contribution in [2.24, 2.45) is 0 Å². The van der Waals surface area contributed by atoms with Crippen molar-refractivity contribution in [3.8, 4) is 0 Å². The highest BCUT2D eigenvalue weighted by Gasteiger charge is 2.28. The predicted molar refractivity (Wildman–Crippen MR) is 72.8 cm³/mol. The summed E-state index contributed by atoms with van der Waals surface area (Å²) in [5.41, 5.74) is 0. The molecule has 1 aromatic heterocycles. The Hall–Kier alpha value is -1.42. The van der Waals surface area contributed by atoms with Crippen molar-refractivity contribution in [1.82, 2.24) is 4.31 Å². The van der Waals surface area contributed by atoms with Gasteiger partial charge >= 0.3 is 5.97 Å². The molecule has 0 radical (unpaired) electrons. The molecule has 8 nitrogen and oxygen atoms in total. The number of carboxylic acid groups (broad SMARTS) is 1. The molecule has 0 aliphatic heterocycles. The second kappa shape index (κ2) is 8.13. The summed E-state index contributed by atoms with van der Waals surface area (Å²) < 4.78 is 40.7. The van der Waals surface area contributed by atoms with Crippen LogP contribution in [0.4, 0.5) is 0 Å². The van der Waals surface area contributed by atoms with E-state index >= 15 is 0 Å². The molecule has 0 saturated heterocycles. The first kappa shape index (κ1) is 17.6. The number of carbonyl (C=O) groups is 1. The molecule has 0 atom stereocenters. The summed E-state index contributed by atoms with van der Waals surface area (Å²) in [6.07, 6.45) is 0.506. The van der Waals surface area contributed by atoms with E-state index in [4.69, 9.17) is 19.0 Å². The Morgan fingerprint density at radius 3 is 2.43 bits per heavy atom. The molecule has 0 saturated carbocycles. The van der Waals surface area contributed by atoms with Gasteiger partial charge in [0.2, 0.25) is 10.9 Å². The number of sulfonamides is 1. The van der Waals surface area contributed by atoms with Crippen LogP contribution < -0.4 is 0 Å². The average molecular weight is 321 g/mol. The summed E-state index contributed by atoms with van der Waals surface area (Å²) in [5.74, 6) is -1.74. The Morgan fingerprint density at radius 1 is 1.24 bits per heavy atom. The predicted octanol–water partition coefficient (Wildman–Crippen LogP) is 0.651. The van der Waals surface area contributed by atoms with E-state index in [1.54, 1.807) is 0 Å². The first-order valence-electron chi connectivity index (χ1n) is 6.24. The monoisotopic (exact) mass is 321 g/mol. The van der Waals surface area contributed by atoms with E-state index in [2.05, 4.69) is 0 Å². The third kappa shape index (κ3) is 4.81. The van der Waals surface area contributed by atoms with Crippen LogP contribution in [0.3, 0.4) is 0 Å². The number of carboxylic acids is 1. The Kier molecular flexibility index (Phi) is 6.82. The molecule has 120 valence electrons. The summed E-state index contributed by atoms with van der Waals surface area (Å²) in [4.78, 5) is 10.8. The van der Waals surface area contributed by atoms with Crippen LogP contribution in [0, 0.1) is 0 Å². The minimum atomic E-state index is -3.90. The molecule has 1 rings (SSSR count). The lowest BCUT2D eigenvalue weighted by molar-refractivity contribution is 0.0656. The van der Waals surface area contributed by atoms with Gasteiger partial charge in [0.1, 0.15) is 0 Å². The standard InChI is InChI=1S/C12H19NO7S/c1-18-8-3-6-13(7-9-19-2)21(16,17)11-5-4-10(20-11)12(14)15/h4-5H,3,6-9H2,1-2H3,(H,14,15). The van der Waals surface area contributed by atoms with Crippen LogP contribution in [0.2, 0.25) is 0 Å². The zero-order valence-corrected chi connectivity index (χ0v) is 12.8. The molecule has 1 heterocycles. The molecule has 0 unspecified atom stereocenters. The number of furan rings is 1. The molecule has 0 aliphatic rings. The molecule has 0 aromatic carbocycles. The van der Waals surface area contributed by atoms with E-state index in [1.807, 2.05) is 0 Å². The van der Waals surface area contributed by atoms with E-state index in [9.17, 15) is 13.2 Å². The third-order valence-electron chi connectivity index (χ3n) is 2.69. The number of rotatable bonds is 10. The molecule has 1 aromatic rings. The van der Waals surface area contributed by atoms with Crippen molar-refractivity contribution in [2.75, 3.05) is 40.5 Å². The summed E-state index contributed by atoms with van der Waals surface area (Å²) in [6, 6.07) is 2.24. The van der Waals surface area contributed by atoms with Crippen LogP contribution in [-0.4, -0.2) is 64.3 Å². The maximum absolute atomic E-state index is 12.4. The van der Waals surface area contributed by atoms with Gasteiger partial charge in [0.05, 0.1) is 6.61 Å². The van der Waals surface area contributed by atoms with Gasteiger partial charge in [-0.25, -0.2) is 13.2 Å². The minimum absolute atomic E-state index is 0.144. The molecular formula is C12H19NO7S. The van der Waals surface area contributed by atoms with Gasteiger partial charge in [-0.05, 0) is 18.6 Å². The van der Waals surface area contributed by atoms with Gasteiger partial charge in [0.25, 0.3) is 10.0 Å². The normalized spacial score (nSPS) is 12.0. The summed E-state index contributed by atoms with van der Waals surface area (Å²) in [6.45, 7) is 1.00. The average Bonchev–Trinajstić information content (AvgIpc) is 2.93. The molecule has 0 spiro atoms. The Morgan fingerprint density at radius 2 is 1.90 bits per heavy atom. The van der Waals surface area contributed by atoms with Crippen molar-refractivity contribution in [1.29, 1.82) is 0 Å². The van der Waals surface area contributed by atoms with Crippen molar-refractivity contribution in [3.05, 3.63) is 17.9 Å². The molecular weight excluding hydrogens is 302 g/mol. The lowest BCUT2D eigenvalue weighted by Crippen LogP contribution is -2.35. The summed E-state index contributed by atoms with van der Waals surface area (Å²) in [5, 5.41) is 8.38. The zero-order chi connectivity index (χ0) is 15.9. The van der Waals surface area contributed by atoms with Crippen LogP contribution in [0.5, 0.6) is 0 Å². The molecule has 0 fully saturated rings. The fourth-order valence-corrected chi connectivity index (χ4v) is 3.01. The Bertz CT molecular complexity index is 552. The van der Waals surface area contributed by atoms with Gasteiger partial charge in [-0.1, -0.05) is 0 Å². The van der Waals surface area contributed by atoms with Gasteiger partial charge < -0.3 is 19.0 Å². The molecule has 9 heteroatoms. The molecule has 21 heavy (non-hydrogen) atoms. The summed E-state index contributed by atoms with van der Waals surface area (Å²) >= 11 is 0. The SMILES string of the molecule is COCCCN(CCOC)S(=O)(=O)c1ccc(C(=O)O)o1. The number of hydrogen-bond donors (Lipinski definition) is 1. The number of nitrogens with zero attached hydrogens (tertiary/aromatic N) is 1. The number of methoxy groups -OCH3 is 2. The quantitative estimate of drug-likeness (QED) is 0.631. The van der Waals surface area contributed by atoms with E-state index < -0.39 is 26.8 Å². The lowest BCUT2D eigenvalue weighted by Gasteiger charge is -2.20. The topological polar surface area (TPSA) is 106 Å². The summed E-state index contributed by atoms with van der Waals surface area (Å²) in [7, 11) is -0.904. The first-order valence-corrected chi connectivity index (χ1v) is 7.68. The molecule has 0 amide bonds. The van der Waals surface area contributed by atoms with Gasteiger partial charge in [0, 0.05) is 33.9 Å². The highest BCUT2D eigenvalue weighted by molar-refractivity contribution is 7.89. The van der Waals surface area contributed by atoms with Crippen LogP contribution in [0.15, 0.2) is 21.6 Å². The third-order valence-corrected chi connectivity index (χ3v) is 4.46. The highest BCUT2D eigenvalue weighted by atomic mass is 32.2. The van der Waals surface area contributed by atoms with E-state index in [1.165, 1.54) is 18.5 Å². The van der Waals surface area contributed by atoms with Crippen molar-refractivity contribution >= 4 is 16.0 Å². The zero-order valence-electron chi connectivity index (χ0n) is 11.9. The molecule has 0 bridgehead atoms. The van der Waals surface area contributed by atoms with Gasteiger partial charge in [-0.15, -0.1) is 0 Å². The van der Waals surface area contributed by atoms with Crippen LogP contribution in [0.1, 0.15) is 17.0 Å². The van der Waals surface area contributed by atoms with Crippen LogP contribution in [0.25, 0.3) is 0 Å². The maximum atomic E-state index is 12.4. The number of ether oxygens (including phenoxy) is 2. The molecule has 1 N–H and O–H groups in total. The second-order valence-corrected chi connectivity index (χ2v) is 6.04. The minimum Gasteiger partial charge on any atom is -0.475 e. The van der Waals surface area contributed by atoms with Gasteiger partial charge in [0.15, 0.2) is 0 Å². The smallest absolute Gasteiger partial charge is 0.371 e. The van der Waals surface area contributed by atoms with Crippen LogP contribution >= 0.6 is 0 Å². The number of hydrogen-bond acceptors (Lipinski definition) is 6. The Balaban J connectivity index is 2.92. The van der Waals surface area contributed by atoms with Gasteiger partial charge in [-0.3, -0.25) is 0 Å². The largest absolute Gasteiger partial charge is 0.475 e.